The summed E-state index contributed by atoms with van der Waals surface area (Å²) in [6, 6.07) is 17.7. The highest BCUT2D eigenvalue weighted by Gasteiger charge is 2.22. The molecular formula is C24H23N3O2S3. The second-order valence-electron chi connectivity index (χ2n) is 7.13. The Kier molecular flexibility index (Phi) is 6.28. The quantitative estimate of drug-likeness (QED) is 0.304. The van der Waals surface area contributed by atoms with Crippen molar-refractivity contribution in [3.63, 3.8) is 0 Å². The van der Waals surface area contributed by atoms with E-state index >= 15 is 0 Å². The topological polar surface area (TPSA) is 71.1 Å². The highest BCUT2D eigenvalue weighted by atomic mass is 32.2. The van der Waals surface area contributed by atoms with Crippen molar-refractivity contribution in [3.05, 3.63) is 83.4 Å². The van der Waals surface area contributed by atoms with Crippen LogP contribution in [0.4, 0.5) is 5.69 Å². The molecule has 32 heavy (non-hydrogen) atoms. The van der Waals surface area contributed by atoms with E-state index in [0.717, 1.165) is 35.8 Å². The molecule has 0 saturated heterocycles. The van der Waals surface area contributed by atoms with Crippen LogP contribution < -0.4 is 10.0 Å². The summed E-state index contributed by atoms with van der Waals surface area (Å²) in [5.41, 5.74) is 2.90. The number of nitrogens with one attached hydrogen (secondary N) is 2. The molecule has 0 radical (unpaired) electrons. The van der Waals surface area contributed by atoms with E-state index in [1.807, 2.05) is 48.5 Å². The molecule has 1 aromatic heterocycles. The third-order valence-corrected chi connectivity index (χ3v) is 8.92. The number of para-hydroxylation sites is 1. The SMILES string of the molecule is C=C(NC)/C(=C\C)S(=O)(=O)Nc1cc(Sc2nc3ccccc3s2)c(C)c2ccccc12. The summed E-state index contributed by atoms with van der Waals surface area (Å²) in [7, 11) is -2.18. The van der Waals surface area contributed by atoms with Gasteiger partial charge in [-0.05, 0) is 43.0 Å². The van der Waals surface area contributed by atoms with Crippen LogP contribution in [0.5, 0.6) is 0 Å². The summed E-state index contributed by atoms with van der Waals surface area (Å²) in [5, 5.41) is 4.65. The minimum absolute atomic E-state index is 0.116. The first-order valence-electron chi connectivity index (χ1n) is 9.96. The van der Waals surface area contributed by atoms with Crippen LogP contribution in [0, 0.1) is 6.92 Å². The van der Waals surface area contributed by atoms with Crippen molar-refractivity contribution in [1.82, 2.24) is 10.3 Å². The maximum absolute atomic E-state index is 13.1. The lowest BCUT2D eigenvalue weighted by Gasteiger charge is -2.17. The number of benzene rings is 3. The minimum Gasteiger partial charge on any atom is -0.387 e. The minimum atomic E-state index is -3.82. The highest BCUT2D eigenvalue weighted by Crippen LogP contribution is 2.41. The average Bonchev–Trinajstić information content (AvgIpc) is 3.19. The van der Waals surface area contributed by atoms with Crippen LogP contribution in [-0.4, -0.2) is 20.4 Å². The Hall–Kier alpha value is -2.81. The zero-order valence-corrected chi connectivity index (χ0v) is 20.4. The van der Waals surface area contributed by atoms with Gasteiger partial charge in [0.2, 0.25) is 0 Å². The molecule has 0 aliphatic rings. The summed E-state index contributed by atoms with van der Waals surface area (Å²) in [4.78, 5) is 5.79. The van der Waals surface area contributed by atoms with Gasteiger partial charge in [0, 0.05) is 23.0 Å². The lowest BCUT2D eigenvalue weighted by Crippen LogP contribution is -2.21. The fourth-order valence-electron chi connectivity index (χ4n) is 3.49. The fraction of sp³-hybridized carbons (Fsp3) is 0.125. The molecule has 0 spiro atoms. The summed E-state index contributed by atoms with van der Waals surface area (Å²) >= 11 is 3.17. The Morgan fingerprint density at radius 3 is 2.50 bits per heavy atom. The number of fused-ring (bicyclic) bond motifs is 2. The molecule has 8 heteroatoms. The van der Waals surface area contributed by atoms with E-state index in [1.165, 1.54) is 6.08 Å². The van der Waals surface area contributed by atoms with Crippen molar-refractivity contribution in [1.29, 1.82) is 0 Å². The van der Waals surface area contributed by atoms with Gasteiger partial charge in [0.25, 0.3) is 10.0 Å². The van der Waals surface area contributed by atoms with Gasteiger partial charge in [-0.3, -0.25) is 4.72 Å². The van der Waals surface area contributed by atoms with Gasteiger partial charge in [-0.25, -0.2) is 13.4 Å². The van der Waals surface area contributed by atoms with E-state index < -0.39 is 10.0 Å². The molecule has 4 rings (SSSR count). The molecule has 0 bridgehead atoms. The Labute approximate surface area is 196 Å². The number of aromatic nitrogens is 1. The smallest absolute Gasteiger partial charge is 0.263 e. The van der Waals surface area contributed by atoms with Crippen molar-refractivity contribution >= 4 is 59.8 Å². The molecule has 0 saturated carbocycles. The van der Waals surface area contributed by atoms with Gasteiger partial charge in [0.05, 0.1) is 15.9 Å². The van der Waals surface area contributed by atoms with E-state index in [0.29, 0.717) is 11.4 Å². The largest absolute Gasteiger partial charge is 0.387 e. The zero-order valence-electron chi connectivity index (χ0n) is 18.0. The Morgan fingerprint density at radius 2 is 1.81 bits per heavy atom. The van der Waals surface area contributed by atoms with E-state index in [-0.39, 0.29) is 4.91 Å². The number of sulfonamides is 1. The van der Waals surface area contributed by atoms with Crippen LogP contribution in [0.15, 0.2) is 87.1 Å². The first kappa shape index (κ1) is 22.4. The van der Waals surface area contributed by atoms with E-state index in [2.05, 4.69) is 29.6 Å². The number of thiazole rings is 1. The van der Waals surface area contributed by atoms with Gasteiger partial charge in [0.1, 0.15) is 4.91 Å². The fourth-order valence-corrected chi connectivity index (χ4v) is 6.97. The van der Waals surface area contributed by atoms with E-state index in [4.69, 9.17) is 4.98 Å². The van der Waals surface area contributed by atoms with Gasteiger partial charge in [-0.1, -0.05) is 60.8 Å². The Bertz CT molecular complexity index is 1440. The summed E-state index contributed by atoms with van der Waals surface area (Å²) < 4.78 is 31.1. The molecule has 0 aliphatic heterocycles. The molecule has 164 valence electrons. The lowest BCUT2D eigenvalue weighted by atomic mass is 10.0. The van der Waals surface area contributed by atoms with Gasteiger partial charge < -0.3 is 5.32 Å². The molecule has 0 amide bonds. The van der Waals surface area contributed by atoms with Crippen molar-refractivity contribution < 1.29 is 8.42 Å². The van der Waals surface area contributed by atoms with Gasteiger partial charge in [-0.15, -0.1) is 11.3 Å². The average molecular weight is 482 g/mol. The number of likely N-dealkylation sites (N-methyl/N-ethyl adjacent to an activating group) is 1. The molecule has 1 heterocycles. The molecule has 0 aliphatic carbocycles. The van der Waals surface area contributed by atoms with Crippen LogP contribution in [0.25, 0.3) is 21.0 Å². The van der Waals surface area contributed by atoms with Crippen LogP contribution in [0.2, 0.25) is 0 Å². The molecular weight excluding hydrogens is 458 g/mol. The monoisotopic (exact) mass is 481 g/mol. The normalized spacial score (nSPS) is 12.3. The van der Waals surface area contributed by atoms with Gasteiger partial charge in [-0.2, -0.15) is 0 Å². The van der Waals surface area contributed by atoms with Gasteiger partial charge in [0.15, 0.2) is 4.34 Å². The van der Waals surface area contributed by atoms with Crippen LogP contribution >= 0.6 is 23.1 Å². The Balaban J connectivity index is 1.80. The zero-order chi connectivity index (χ0) is 22.9. The third kappa shape index (κ3) is 4.26. The van der Waals surface area contributed by atoms with Crippen molar-refractivity contribution in [3.8, 4) is 0 Å². The van der Waals surface area contributed by atoms with Gasteiger partial charge >= 0.3 is 0 Å². The van der Waals surface area contributed by atoms with Crippen LogP contribution in [0.1, 0.15) is 12.5 Å². The maximum Gasteiger partial charge on any atom is 0.263 e. The number of anilines is 1. The molecule has 3 aromatic carbocycles. The molecule has 0 atom stereocenters. The number of hydrogen-bond donors (Lipinski definition) is 2. The first-order chi connectivity index (χ1) is 15.3. The molecule has 0 unspecified atom stereocenters. The number of aryl methyl sites for hydroxylation is 1. The predicted molar refractivity (Wildman–Crippen MR) is 137 cm³/mol. The summed E-state index contributed by atoms with van der Waals surface area (Å²) in [6.07, 6.45) is 1.54. The predicted octanol–water partition coefficient (Wildman–Crippen LogP) is 6.29. The second-order valence-corrected chi connectivity index (χ2v) is 11.1. The van der Waals surface area contributed by atoms with E-state index in [9.17, 15) is 8.42 Å². The number of allylic oxidation sites excluding steroid dienone is 1. The Morgan fingerprint density at radius 1 is 1.12 bits per heavy atom. The van der Waals surface area contributed by atoms with Crippen molar-refractivity contribution in [2.24, 2.45) is 0 Å². The highest BCUT2D eigenvalue weighted by molar-refractivity contribution is 8.01. The summed E-state index contributed by atoms with van der Waals surface area (Å²) in [5.74, 6) is 0. The summed E-state index contributed by atoms with van der Waals surface area (Å²) in [6.45, 7) is 7.54. The number of nitrogens with zero attached hydrogens (tertiary/aromatic N) is 1. The number of hydrogen-bond acceptors (Lipinski definition) is 6. The standard InChI is InChI=1S/C24H23N3O2S3/c1-5-23(16(3)25-4)32(28,29)27-20-14-22(15(2)17-10-6-7-11-18(17)20)31-24-26-19-12-8-9-13-21(19)30-24/h5-14,25,27H,3H2,1-2,4H3/b23-5+. The van der Waals surface area contributed by atoms with Crippen LogP contribution in [-0.2, 0) is 10.0 Å². The van der Waals surface area contributed by atoms with Crippen molar-refractivity contribution in [2.45, 2.75) is 23.1 Å². The molecule has 2 N–H and O–H groups in total. The lowest BCUT2D eigenvalue weighted by molar-refractivity contribution is 0.607. The van der Waals surface area contributed by atoms with Crippen molar-refractivity contribution in [2.75, 3.05) is 11.8 Å². The van der Waals surface area contributed by atoms with Crippen LogP contribution in [0.3, 0.4) is 0 Å². The molecule has 4 aromatic rings. The molecule has 5 nitrogen and oxygen atoms in total. The number of rotatable bonds is 7. The molecule has 0 fully saturated rings. The maximum atomic E-state index is 13.1. The third-order valence-electron chi connectivity index (χ3n) is 5.13. The van der Waals surface area contributed by atoms with E-state index in [1.54, 1.807) is 37.1 Å². The second kappa shape index (κ2) is 8.97. The first-order valence-corrected chi connectivity index (χ1v) is 13.1.